The number of nitriles is 1. The highest BCUT2D eigenvalue weighted by Gasteiger charge is 2.48. The minimum atomic E-state index is -5.57. The Hall–Kier alpha value is -2.77. The fraction of sp³-hybridized carbons (Fsp3) is 0.0667. The van der Waals surface area contributed by atoms with Gasteiger partial charge in [0.05, 0.1) is 28.7 Å². The number of aromatic amines is 1. The van der Waals surface area contributed by atoms with E-state index >= 15 is 0 Å². The summed E-state index contributed by atoms with van der Waals surface area (Å²) in [6.45, 7) is 0. The van der Waals surface area contributed by atoms with Gasteiger partial charge in [-0.05, 0) is 30.3 Å². The Kier molecular flexibility index (Phi) is 4.29. The number of aromatic nitrogens is 2. The summed E-state index contributed by atoms with van der Waals surface area (Å²) in [5.74, 6) is 0.198. The molecular weight excluding hydrogens is 395 g/mol. The van der Waals surface area contributed by atoms with Gasteiger partial charge in [0.1, 0.15) is 16.4 Å². The van der Waals surface area contributed by atoms with Crippen LogP contribution in [0.15, 0.2) is 41.4 Å². The number of alkyl halides is 3. The quantitative estimate of drug-likeness (QED) is 0.710. The standard InChI is InChI=1S/C15H7ClF3N3O3S/c16-9-3-8(6-20)4-10(5-9)25-12-1-2-13(14-11(12)7-21-22-14)26(23,24)15(17,18)19/h1-5,7H,(H,21,22). The Labute approximate surface area is 149 Å². The normalized spacial score (nSPS) is 12.1. The summed E-state index contributed by atoms with van der Waals surface area (Å²) in [5.41, 5.74) is -5.59. The number of fused-ring (bicyclic) bond motifs is 1. The van der Waals surface area contributed by atoms with E-state index in [9.17, 15) is 21.6 Å². The van der Waals surface area contributed by atoms with Crippen molar-refractivity contribution in [3.05, 3.63) is 47.1 Å². The molecule has 0 atom stereocenters. The van der Waals surface area contributed by atoms with Gasteiger partial charge in [-0.3, -0.25) is 5.10 Å². The van der Waals surface area contributed by atoms with Gasteiger partial charge in [0.2, 0.25) is 0 Å². The maximum absolute atomic E-state index is 12.8. The third-order valence-corrected chi connectivity index (χ3v) is 5.11. The zero-order valence-electron chi connectivity index (χ0n) is 12.5. The molecule has 0 unspecified atom stereocenters. The van der Waals surface area contributed by atoms with Crippen LogP contribution in [0.2, 0.25) is 5.02 Å². The molecular formula is C15H7ClF3N3O3S. The van der Waals surface area contributed by atoms with Crippen molar-refractivity contribution in [2.45, 2.75) is 10.4 Å². The van der Waals surface area contributed by atoms with Crippen molar-refractivity contribution in [1.29, 1.82) is 5.26 Å². The average Bonchev–Trinajstić information content (AvgIpc) is 3.03. The molecule has 0 saturated heterocycles. The highest BCUT2D eigenvalue weighted by molar-refractivity contribution is 7.92. The van der Waals surface area contributed by atoms with E-state index < -0.39 is 20.2 Å². The SMILES string of the molecule is N#Cc1cc(Cl)cc(Oc2ccc(S(=O)(=O)C(F)(F)F)c3[nH]ncc23)c1. The first-order valence-electron chi connectivity index (χ1n) is 6.79. The minimum absolute atomic E-state index is 0.0220. The van der Waals surface area contributed by atoms with Crippen molar-refractivity contribution in [2.75, 3.05) is 0 Å². The van der Waals surface area contributed by atoms with Crippen LogP contribution in [0.1, 0.15) is 5.56 Å². The third-order valence-electron chi connectivity index (χ3n) is 3.36. The highest BCUT2D eigenvalue weighted by Crippen LogP contribution is 2.38. The summed E-state index contributed by atoms with van der Waals surface area (Å²) < 4.78 is 67.4. The summed E-state index contributed by atoms with van der Waals surface area (Å²) in [7, 11) is -5.57. The lowest BCUT2D eigenvalue weighted by Crippen LogP contribution is -2.23. The summed E-state index contributed by atoms with van der Waals surface area (Å²) in [6, 6.07) is 7.90. The van der Waals surface area contributed by atoms with E-state index in [4.69, 9.17) is 21.6 Å². The Morgan fingerprint density at radius 1 is 1.23 bits per heavy atom. The molecule has 0 amide bonds. The van der Waals surface area contributed by atoms with Crippen LogP contribution in [0.5, 0.6) is 11.5 Å². The van der Waals surface area contributed by atoms with Crippen LogP contribution in [0.3, 0.4) is 0 Å². The lowest BCUT2D eigenvalue weighted by Gasteiger charge is -2.12. The largest absolute Gasteiger partial charge is 0.501 e. The number of rotatable bonds is 3. The molecule has 1 aromatic heterocycles. The summed E-state index contributed by atoms with van der Waals surface area (Å²) in [6.07, 6.45) is 1.13. The Bertz CT molecular complexity index is 1150. The number of nitrogens with zero attached hydrogens (tertiary/aromatic N) is 2. The zero-order valence-corrected chi connectivity index (χ0v) is 14.1. The van der Waals surface area contributed by atoms with Gasteiger partial charge in [0.25, 0.3) is 9.84 Å². The van der Waals surface area contributed by atoms with Crippen LogP contribution in [0.4, 0.5) is 13.2 Å². The predicted octanol–water partition coefficient (Wildman–Crippen LogP) is 4.17. The second kappa shape index (κ2) is 6.19. The van der Waals surface area contributed by atoms with E-state index in [-0.39, 0.29) is 33.0 Å². The van der Waals surface area contributed by atoms with Gasteiger partial charge in [-0.25, -0.2) is 8.42 Å². The molecule has 1 heterocycles. The van der Waals surface area contributed by atoms with E-state index in [1.165, 1.54) is 18.2 Å². The second-order valence-corrected chi connectivity index (χ2v) is 7.41. The smallest absolute Gasteiger partial charge is 0.457 e. The molecule has 2 aromatic carbocycles. The van der Waals surface area contributed by atoms with E-state index in [2.05, 4.69) is 10.2 Å². The van der Waals surface area contributed by atoms with Crippen molar-refractivity contribution in [3.8, 4) is 17.6 Å². The van der Waals surface area contributed by atoms with Crippen LogP contribution >= 0.6 is 11.6 Å². The van der Waals surface area contributed by atoms with E-state index in [1.807, 2.05) is 6.07 Å². The van der Waals surface area contributed by atoms with Gasteiger partial charge >= 0.3 is 5.51 Å². The van der Waals surface area contributed by atoms with Crippen molar-refractivity contribution in [2.24, 2.45) is 0 Å². The molecule has 134 valence electrons. The van der Waals surface area contributed by atoms with Gasteiger partial charge in [-0.2, -0.15) is 23.5 Å². The van der Waals surface area contributed by atoms with Gasteiger partial charge in [0.15, 0.2) is 0 Å². The molecule has 1 N–H and O–H groups in total. The van der Waals surface area contributed by atoms with Gasteiger partial charge in [-0.15, -0.1) is 0 Å². The van der Waals surface area contributed by atoms with Crippen molar-refractivity contribution >= 4 is 32.3 Å². The van der Waals surface area contributed by atoms with Gasteiger partial charge < -0.3 is 4.74 Å². The molecule has 0 radical (unpaired) electrons. The minimum Gasteiger partial charge on any atom is -0.457 e. The summed E-state index contributed by atoms with van der Waals surface area (Å²) in [5, 5.41) is 15.0. The summed E-state index contributed by atoms with van der Waals surface area (Å²) >= 11 is 5.87. The van der Waals surface area contributed by atoms with Crippen molar-refractivity contribution < 1.29 is 26.3 Å². The molecule has 0 bridgehead atoms. The van der Waals surface area contributed by atoms with Gasteiger partial charge in [-0.1, -0.05) is 11.6 Å². The lowest BCUT2D eigenvalue weighted by atomic mass is 10.2. The number of hydrogen-bond donors (Lipinski definition) is 1. The number of H-pyrrole nitrogens is 1. The zero-order chi connectivity index (χ0) is 19.1. The van der Waals surface area contributed by atoms with Crippen LogP contribution < -0.4 is 4.74 Å². The van der Waals surface area contributed by atoms with Crippen LogP contribution in [0.25, 0.3) is 10.9 Å². The molecule has 0 aliphatic rings. The number of halogens is 4. The molecule has 3 aromatic rings. The van der Waals surface area contributed by atoms with Crippen LogP contribution in [-0.4, -0.2) is 24.1 Å². The molecule has 0 aliphatic heterocycles. The average molecular weight is 402 g/mol. The van der Waals surface area contributed by atoms with Gasteiger partial charge in [0, 0.05) is 5.02 Å². The van der Waals surface area contributed by atoms with E-state index in [1.54, 1.807) is 0 Å². The van der Waals surface area contributed by atoms with Crippen LogP contribution in [0, 0.1) is 11.3 Å². The number of hydrogen-bond acceptors (Lipinski definition) is 5. The third kappa shape index (κ3) is 3.07. The molecule has 0 saturated carbocycles. The van der Waals surface area contributed by atoms with Crippen LogP contribution in [-0.2, 0) is 9.84 Å². The molecule has 6 nitrogen and oxygen atoms in total. The molecule has 0 spiro atoms. The lowest BCUT2D eigenvalue weighted by molar-refractivity contribution is -0.0435. The second-order valence-electron chi connectivity index (χ2n) is 5.06. The maximum Gasteiger partial charge on any atom is 0.501 e. The fourth-order valence-corrected chi connectivity index (χ4v) is 3.38. The summed E-state index contributed by atoms with van der Waals surface area (Å²) in [4.78, 5) is -0.964. The molecule has 26 heavy (non-hydrogen) atoms. The predicted molar refractivity (Wildman–Crippen MR) is 85.6 cm³/mol. The number of nitrogens with one attached hydrogen (secondary N) is 1. The van der Waals surface area contributed by atoms with Crippen molar-refractivity contribution in [3.63, 3.8) is 0 Å². The molecule has 3 rings (SSSR count). The highest BCUT2D eigenvalue weighted by atomic mass is 35.5. The molecule has 11 heteroatoms. The first-order chi connectivity index (χ1) is 12.1. The number of benzene rings is 2. The van der Waals surface area contributed by atoms with E-state index in [0.29, 0.717) is 0 Å². The Balaban J connectivity index is 2.12. The first kappa shape index (κ1) is 18.0. The maximum atomic E-state index is 12.8. The Morgan fingerprint density at radius 2 is 1.96 bits per heavy atom. The van der Waals surface area contributed by atoms with Crippen molar-refractivity contribution in [1.82, 2.24) is 10.2 Å². The number of ether oxygens (including phenoxy) is 1. The first-order valence-corrected chi connectivity index (χ1v) is 8.65. The number of sulfone groups is 1. The fourth-order valence-electron chi connectivity index (χ4n) is 2.24. The van der Waals surface area contributed by atoms with E-state index in [0.717, 1.165) is 18.3 Å². The topological polar surface area (TPSA) is 95.8 Å². The monoisotopic (exact) mass is 401 g/mol. The molecule has 0 fully saturated rings. The molecule has 0 aliphatic carbocycles. The Morgan fingerprint density at radius 3 is 2.62 bits per heavy atom.